The Morgan fingerprint density at radius 3 is 2.61 bits per heavy atom. The number of hydrogen-bond donors (Lipinski definition) is 2. The first-order valence-corrected chi connectivity index (χ1v) is 5.88. The topological polar surface area (TPSA) is 61.8 Å². The van der Waals surface area contributed by atoms with Gasteiger partial charge in [-0.05, 0) is 12.0 Å². The van der Waals surface area contributed by atoms with Gasteiger partial charge in [0.2, 0.25) is 0 Å². The Labute approximate surface area is 104 Å². The van der Waals surface area contributed by atoms with Crippen molar-refractivity contribution in [2.75, 3.05) is 6.61 Å². The number of aliphatic hydroxyl groups is 1. The third-order valence-corrected chi connectivity index (χ3v) is 2.95. The maximum Gasteiger partial charge on any atom is 0.156 e. The molecule has 0 aliphatic carbocycles. The second kappa shape index (κ2) is 4.58. The van der Waals surface area contributed by atoms with Crippen molar-refractivity contribution in [2.24, 2.45) is 0 Å². The Bertz CT molecular complexity index is 661. The van der Waals surface area contributed by atoms with E-state index in [2.05, 4.69) is 15.0 Å². The molecule has 1 aromatic carbocycles. The molecular formula is C14H13N3O. The van der Waals surface area contributed by atoms with Gasteiger partial charge in [-0.15, -0.1) is 0 Å². The normalized spacial score (nSPS) is 10.9. The summed E-state index contributed by atoms with van der Waals surface area (Å²) >= 11 is 0. The summed E-state index contributed by atoms with van der Waals surface area (Å²) in [4.78, 5) is 11.9. The predicted octanol–water partition coefficient (Wildman–Crippen LogP) is 2.16. The number of aromatic nitrogens is 3. The van der Waals surface area contributed by atoms with Gasteiger partial charge in [-0.3, -0.25) is 4.98 Å². The van der Waals surface area contributed by atoms with Crippen LogP contribution in [0.5, 0.6) is 0 Å². The molecule has 2 N–H and O–H groups in total. The minimum Gasteiger partial charge on any atom is -0.396 e. The van der Waals surface area contributed by atoms with E-state index in [0.29, 0.717) is 6.42 Å². The molecule has 0 bridgehead atoms. The molecule has 0 saturated heterocycles. The van der Waals surface area contributed by atoms with Crippen LogP contribution in [0.25, 0.3) is 22.4 Å². The minimum atomic E-state index is 0.101. The van der Waals surface area contributed by atoms with E-state index in [9.17, 15) is 5.11 Å². The minimum absolute atomic E-state index is 0.101. The zero-order valence-electron chi connectivity index (χ0n) is 9.80. The van der Waals surface area contributed by atoms with E-state index in [4.69, 9.17) is 0 Å². The Hall–Kier alpha value is -2.20. The van der Waals surface area contributed by atoms with Gasteiger partial charge >= 0.3 is 0 Å². The number of benzene rings is 1. The maximum absolute atomic E-state index is 9.21. The first-order chi connectivity index (χ1) is 8.90. The number of aliphatic hydroxyl groups excluding tert-OH is 1. The first-order valence-electron chi connectivity index (χ1n) is 5.88. The van der Waals surface area contributed by atoms with Crippen LogP contribution >= 0.6 is 0 Å². The number of H-pyrrole nitrogens is 1. The van der Waals surface area contributed by atoms with Crippen molar-refractivity contribution in [3.05, 3.63) is 48.3 Å². The molecule has 0 radical (unpaired) electrons. The summed E-state index contributed by atoms with van der Waals surface area (Å²) in [7, 11) is 0. The molecule has 4 heteroatoms. The van der Waals surface area contributed by atoms with Gasteiger partial charge in [0.15, 0.2) is 5.65 Å². The highest BCUT2D eigenvalue weighted by molar-refractivity contribution is 5.85. The van der Waals surface area contributed by atoms with Crippen LogP contribution < -0.4 is 0 Å². The Morgan fingerprint density at radius 2 is 1.83 bits per heavy atom. The van der Waals surface area contributed by atoms with Crippen molar-refractivity contribution in [1.29, 1.82) is 0 Å². The molecule has 3 rings (SSSR count). The lowest BCUT2D eigenvalue weighted by molar-refractivity contribution is 0.300. The fourth-order valence-electron chi connectivity index (χ4n) is 2.17. The van der Waals surface area contributed by atoms with Crippen LogP contribution in [0.4, 0.5) is 0 Å². The van der Waals surface area contributed by atoms with E-state index in [1.807, 2.05) is 30.3 Å². The summed E-state index contributed by atoms with van der Waals surface area (Å²) in [5.74, 6) is 0. The Balaban J connectivity index is 2.25. The van der Waals surface area contributed by atoms with E-state index < -0.39 is 0 Å². The molecule has 0 aliphatic rings. The molecule has 90 valence electrons. The van der Waals surface area contributed by atoms with E-state index in [0.717, 1.165) is 28.0 Å². The molecule has 0 amide bonds. The van der Waals surface area contributed by atoms with Crippen molar-refractivity contribution < 1.29 is 5.11 Å². The zero-order valence-corrected chi connectivity index (χ0v) is 9.80. The van der Waals surface area contributed by atoms with Crippen molar-refractivity contribution >= 4 is 11.2 Å². The molecule has 0 unspecified atom stereocenters. The monoisotopic (exact) mass is 239 g/mol. The molecule has 4 nitrogen and oxygen atoms in total. The summed E-state index contributed by atoms with van der Waals surface area (Å²) in [5, 5.41) is 9.21. The smallest absolute Gasteiger partial charge is 0.156 e. The van der Waals surface area contributed by atoms with Crippen molar-refractivity contribution in [3.8, 4) is 11.3 Å². The molecule has 2 heterocycles. The van der Waals surface area contributed by atoms with Crippen LogP contribution in [0.3, 0.4) is 0 Å². The van der Waals surface area contributed by atoms with Crippen molar-refractivity contribution in [2.45, 2.75) is 6.42 Å². The third kappa shape index (κ3) is 1.76. The third-order valence-electron chi connectivity index (χ3n) is 2.95. The van der Waals surface area contributed by atoms with Crippen molar-refractivity contribution in [3.63, 3.8) is 0 Å². The van der Waals surface area contributed by atoms with Gasteiger partial charge in [0.25, 0.3) is 0 Å². The molecule has 2 aromatic heterocycles. The summed E-state index contributed by atoms with van der Waals surface area (Å²) in [6.45, 7) is 0.101. The van der Waals surface area contributed by atoms with Crippen molar-refractivity contribution in [1.82, 2.24) is 15.0 Å². The molecule has 0 fully saturated rings. The summed E-state index contributed by atoms with van der Waals surface area (Å²) in [6.07, 6.45) is 3.91. The highest BCUT2D eigenvalue weighted by atomic mass is 16.2. The standard InChI is InChI=1S/C14H13N3O/c18-9-6-11-12(10-4-2-1-3-5-10)17-14-13(11)15-7-8-16-14/h1-5,7-8,18H,6,9H2,(H,16,17). The largest absolute Gasteiger partial charge is 0.396 e. The molecule has 3 aromatic rings. The lowest BCUT2D eigenvalue weighted by atomic mass is 10.1. The van der Waals surface area contributed by atoms with Gasteiger partial charge in [-0.25, -0.2) is 4.98 Å². The highest BCUT2D eigenvalue weighted by Crippen LogP contribution is 2.28. The fourth-order valence-corrected chi connectivity index (χ4v) is 2.17. The van der Waals surface area contributed by atoms with E-state index in [1.165, 1.54) is 0 Å². The number of rotatable bonds is 3. The number of hydrogen-bond acceptors (Lipinski definition) is 3. The summed E-state index contributed by atoms with van der Waals surface area (Å²) in [6, 6.07) is 10.0. The van der Waals surface area contributed by atoms with Crippen LogP contribution in [0.2, 0.25) is 0 Å². The van der Waals surface area contributed by atoms with Gasteiger partial charge in [-0.2, -0.15) is 0 Å². The lowest BCUT2D eigenvalue weighted by Crippen LogP contribution is -1.93. The second-order valence-corrected chi connectivity index (χ2v) is 4.07. The molecule has 0 aliphatic heterocycles. The summed E-state index contributed by atoms with van der Waals surface area (Å²) in [5.41, 5.74) is 4.70. The van der Waals surface area contributed by atoms with Crippen LogP contribution in [0.1, 0.15) is 5.56 Å². The van der Waals surface area contributed by atoms with E-state index in [-0.39, 0.29) is 6.61 Å². The zero-order chi connectivity index (χ0) is 12.4. The number of nitrogens with one attached hydrogen (secondary N) is 1. The van der Waals surface area contributed by atoms with E-state index >= 15 is 0 Å². The molecule has 18 heavy (non-hydrogen) atoms. The Morgan fingerprint density at radius 1 is 1.06 bits per heavy atom. The predicted molar refractivity (Wildman–Crippen MR) is 70.1 cm³/mol. The second-order valence-electron chi connectivity index (χ2n) is 4.07. The molecule has 0 spiro atoms. The number of fused-ring (bicyclic) bond motifs is 1. The number of nitrogens with zero attached hydrogens (tertiary/aromatic N) is 2. The highest BCUT2D eigenvalue weighted by Gasteiger charge is 2.13. The molecular weight excluding hydrogens is 226 g/mol. The van der Waals surface area contributed by atoms with Gasteiger partial charge < -0.3 is 10.1 Å². The van der Waals surface area contributed by atoms with Gasteiger partial charge in [0.05, 0.1) is 5.69 Å². The SMILES string of the molecule is OCCc1c(-c2ccccc2)[nH]c2nccnc12. The van der Waals surface area contributed by atoms with Gasteiger partial charge in [-0.1, -0.05) is 30.3 Å². The van der Waals surface area contributed by atoms with Gasteiger partial charge in [0.1, 0.15) is 5.52 Å². The lowest BCUT2D eigenvalue weighted by Gasteiger charge is -2.02. The van der Waals surface area contributed by atoms with Crippen LogP contribution in [0.15, 0.2) is 42.7 Å². The molecule has 0 atom stereocenters. The first kappa shape index (κ1) is 10.9. The van der Waals surface area contributed by atoms with Crippen LogP contribution in [0, 0.1) is 0 Å². The average Bonchev–Trinajstić information content (AvgIpc) is 2.80. The average molecular weight is 239 g/mol. The Kier molecular flexibility index (Phi) is 2.78. The summed E-state index contributed by atoms with van der Waals surface area (Å²) < 4.78 is 0. The van der Waals surface area contributed by atoms with Gasteiger partial charge in [0, 0.05) is 24.6 Å². The van der Waals surface area contributed by atoms with Crippen LogP contribution in [-0.2, 0) is 6.42 Å². The molecule has 0 saturated carbocycles. The quantitative estimate of drug-likeness (QED) is 0.736. The fraction of sp³-hybridized carbons (Fsp3) is 0.143. The van der Waals surface area contributed by atoms with E-state index in [1.54, 1.807) is 12.4 Å². The van der Waals surface area contributed by atoms with Crippen LogP contribution in [-0.4, -0.2) is 26.7 Å². The number of aromatic amines is 1. The maximum atomic E-state index is 9.21.